The van der Waals surface area contributed by atoms with E-state index in [1.165, 1.54) is 0 Å². The first-order valence-corrected chi connectivity index (χ1v) is 5.18. The quantitative estimate of drug-likeness (QED) is 0.762. The van der Waals surface area contributed by atoms with Crippen LogP contribution in [0.2, 0.25) is 0 Å². The van der Waals surface area contributed by atoms with Crippen molar-refractivity contribution in [2.24, 2.45) is 5.92 Å². The number of amides is 1. The van der Waals surface area contributed by atoms with E-state index in [0.717, 1.165) is 12.0 Å². The fourth-order valence-electron chi connectivity index (χ4n) is 1.34. The maximum absolute atomic E-state index is 11.6. The van der Waals surface area contributed by atoms with Gasteiger partial charge in [0.2, 0.25) is 5.91 Å². The van der Waals surface area contributed by atoms with Gasteiger partial charge < -0.3 is 4.90 Å². The largest absolute Gasteiger partial charge is 0.344 e. The molecule has 0 bridgehead atoms. The van der Waals surface area contributed by atoms with Gasteiger partial charge in [-0.3, -0.25) is 9.78 Å². The van der Waals surface area contributed by atoms with E-state index >= 15 is 0 Å². The zero-order valence-electron chi connectivity index (χ0n) is 9.55. The molecule has 1 unspecified atom stereocenters. The summed E-state index contributed by atoms with van der Waals surface area (Å²) in [5.74, 6) is -0.695. The van der Waals surface area contributed by atoms with E-state index in [9.17, 15) is 4.79 Å². The molecule has 84 valence electrons. The van der Waals surface area contributed by atoms with Gasteiger partial charge in [0.1, 0.15) is 5.92 Å². The van der Waals surface area contributed by atoms with Gasteiger partial charge in [-0.05, 0) is 31.0 Å². The third kappa shape index (κ3) is 3.35. The number of hydrogen-bond acceptors (Lipinski definition) is 3. The summed E-state index contributed by atoms with van der Waals surface area (Å²) < 4.78 is 0. The Morgan fingerprint density at radius 3 is 2.75 bits per heavy atom. The molecule has 1 heterocycles. The van der Waals surface area contributed by atoms with Gasteiger partial charge in [-0.1, -0.05) is 0 Å². The molecule has 0 saturated heterocycles. The molecule has 1 atom stereocenters. The Bertz CT molecular complexity index is 383. The summed E-state index contributed by atoms with van der Waals surface area (Å²) >= 11 is 0. The van der Waals surface area contributed by atoms with Crippen molar-refractivity contribution in [2.75, 3.05) is 13.6 Å². The van der Waals surface area contributed by atoms with Gasteiger partial charge in [-0.25, -0.2) is 0 Å². The summed E-state index contributed by atoms with van der Waals surface area (Å²) in [7, 11) is 1.72. The number of aromatic nitrogens is 1. The number of nitrogens with zero attached hydrogens (tertiary/aromatic N) is 3. The van der Waals surface area contributed by atoms with Gasteiger partial charge in [0.25, 0.3) is 0 Å². The minimum Gasteiger partial charge on any atom is -0.344 e. The Labute approximate surface area is 95.5 Å². The molecule has 1 aromatic heterocycles. The second-order valence-electron chi connectivity index (χ2n) is 3.72. The van der Waals surface area contributed by atoms with Crippen LogP contribution in [-0.4, -0.2) is 29.4 Å². The lowest BCUT2D eigenvalue weighted by Crippen LogP contribution is -2.32. The zero-order chi connectivity index (χ0) is 12.0. The Hall–Kier alpha value is -1.89. The highest BCUT2D eigenvalue weighted by atomic mass is 16.2. The summed E-state index contributed by atoms with van der Waals surface area (Å²) in [6.07, 6.45) is 4.24. The number of carbonyl (C=O) groups excluding carboxylic acids is 1. The Balaban J connectivity index is 2.45. The number of nitriles is 1. The lowest BCUT2D eigenvalue weighted by atomic mass is 10.1. The van der Waals surface area contributed by atoms with Crippen molar-refractivity contribution in [1.82, 2.24) is 9.88 Å². The third-order valence-electron chi connectivity index (χ3n) is 2.43. The lowest BCUT2D eigenvalue weighted by Gasteiger charge is -2.18. The lowest BCUT2D eigenvalue weighted by molar-refractivity contribution is -0.131. The van der Waals surface area contributed by atoms with Crippen LogP contribution in [0.1, 0.15) is 12.5 Å². The summed E-state index contributed by atoms with van der Waals surface area (Å²) in [5.41, 5.74) is 1.14. The van der Waals surface area contributed by atoms with E-state index in [-0.39, 0.29) is 5.91 Å². The highest BCUT2D eigenvalue weighted by molar-refractivity contribution is 5.80. The van der Waals surface area contributed by atoms with Crippen LogP contribution in [0.4, 0.5) is 0 Å². The molecule has 0 radical (unpaired) electrons. The molecule has 0 aromatic carbocycles. The van der Waals surface area contributed by atoms with E-state index in [4.69, 9.17) is 5.26 Å². The number of carbonyl (C=O) groups is 1. The van der Waals surface area contributed by atoms with E-state index in [1.807, 2.05) is 18.2 Å². The van der Waals surface area contributed by atoms with Crippen LogP contribution in [0.3, 0.4) is 0 Å². The molecule has 0 fully saturated rings. The molecule has 4 nitrogen and oxygen atoms in total. The monoisotopic (exact) mass is 217 g/mol. The predicted molar refractivity (Wildman–Crippen MR) is 60.4 cm³/mol. The average molecular weight is 217 g/mol. The zero-order valence-corrected chi connectivity index (χ0v) is 9.55. The maximum atomic E-state index is 11.6. The first-order chi connectivity index (χ1) is 7.65. The van der Waals surface area contributed by atoms with Crippen molar-refractivity contribution >= 4 is 5.91 Å². The molecule has 16 heavy (non-hydrogen) atoms. The van der Waals surface area contributed by atoms with Gasteiger partial charge in [-0.2, -0.15) is 5.26 Å². The summed E-state index contributed by atoms with van der Waals surface area (Å²) in [4.78, 5) is 17.1. The number of likely N-dealkylation sites (N-methyl/N-ethyl adjacent to an activating group) is 1. The Morgan fingerprint density at radius 1 is 1.56 bits per heavy atom. The molecular weight excluding hydrogens is 202 g/mol. The third-order valence-corrected chi connectivity index (χ3v) is 2.43. The first-order valence-electron chi connectivity index (χ1n) is 5.18. The van der Waals surface area contributed by atoms with E-state index < -0.39 is 5.92 Å². The minimum atomic E-state index is -0.567. The summed E-state index contributed by atoms with van der Waals surface area (Å²) in [6.45, 7) is 2.24. The summed E-state index contributed by atoms with van der Waals surface area (Å²) in [5, 5.41) is 8.63. The fraction of sp³-hybridized carbons (Fsp3) is 0.417. The van der Waals surface area contributed by atoms with Crippen LogP contribution in [0.25, 0.3) is 0 Å². The normalized spacial score (nSPS) is 11.6. The van der Waals surface area contributed by atoms with Crippen molar-refractivity contribution in [3.8, 4) is 6.07 Å². The molecule has 0 spiro atoms. The number of rotatable bonds is 4. The molecule has 1 rings (SSSR count). The van der Waals surface area contributed by atoms with Crippen molar-refractivity contribution in [3.63, 3.8) is 0 Å². The highest BCUT2D eigenvalue weighted by Gasteiger charge is 2.15. The molecule has 0 aliphatic rings. The minimum absolute atomic E-state index is 0.128. The Morgan fingerprint density at radius 2 is 2.19 bits per heavy atom. The standard InChI is InChI=1S/C12H15N3O/c1-10(9-13)12(16)15(2)8-5-11-3-6-14-7-4-11/h3-4,6-7,10H,5,8H2,1-2H3. The smallest absolute Gasteiger partial charge is 0.239 e. The van der Waals surface area contributed by atoms with Crippen molar-refractivity contribution in [1.29, 1.82) is 5.26 Å². The average Bonchev–Trinajstić information content (AvgIpc) is 2.35. The van der Waals surface area contributed by atoms with Gasteiger partial charge in [0, 0.05) is 26.0 Å². The van der Waals surface area contributed by atoms with E-state index in [1.54, 1.807) is 31.3 Å². The fourth-order valence-corrected chi connectivity index (χ4v) is 1.34. The van der Waals surface area contributed by atoms with Crippen molar-refractivity contribution in [2.45, 2.75) is 13.3 Å². The SMILES string of the molecule is CC(C#N)C(=O)N(C)CCc1ccncc1. The van der Waals surface area contributed by atoms with E-state index in [2.05, 4.69) is 4.98 Å². The predicted octanol–water partition coefficient (Wildman–Crippen LogP) is 1.24. The summed E-state index contributed by atoms with van der Waals surface area (Å²) in [6, 6.07) is 5.79. The van der Waals surface area contributed by atoms with Crippen molar-refractivity contribution in [3.05, 3.63) is 30.1 Å². The molecule has 1 amide bonds. The second kappa shape index (κ2) is 5.86. The first kappa shape index (κ1) is 12.2. The van der Waals surface area contributed by atoms with Gasteiger partial charge in [0.15, 0.2) is 0 Å². The van der Waals surface area contributed by atoms with Crippen LogP contribution in [-0.2, 0) is 11.2 Å². The van der Waals surface area contributed by atoms with E-state index in [0.29, 0.717) is 6.54 Å². The molecule has 0 saturated carbocycles. The van der Waals surface area contributed by atoms with Crippen LogP contribution in [0, 0.1) is 17.2 Å². The van der Waals surface area contributed by atoms with Crippen LogP contribution in [0.15, 0.2) is 24.5 Å². The molecule has 0 aliphatic heterocycles. The molecule has 4 heteroatoms. The maximum Gasteiger partial charge on any atom is 0.239 e. The molecule has 0 aliphatic carbocycles. The van der Waals surface area contributed by atoms with Gasteiger partial charge in [-0.15, -0.1) is 0 Å². The van der Waals surface area contributed by atoms with Gasteiger partial charge in [0.05, 0.1) is 6.07 Å². The van der Waals surface area contributed by atoms with Crippen LogP contribution < -0.4 is 0 Å². The van der Waals surface area contributed by atoms with Crippen LogP contribution >= 0.6 is 0 Å². The van der Waals surface area contributed by atoms with Crippen LogP contribution in [0.5, 0.6) is 0 Å². The van der Waals surface area contributed by atoms with Crippen molar-refractivity contribution < 1.29 is 4.79 Å². The number of pyridine rings is 1. The number of hydrogen-bond donors (Lipinski definition) is 0. The molecule has 1 aromatic rings. The molecular formula is C12H15N3O. The Kier molecular flexibility index (Phi) is 4.46. The molecule has 0 N–H and O–H groups in total. The van der Waals surface area contributed by atoms with Gasteiger partial charge >= 0.3 is 0 Å². The highest BCUT2D eigenvalue weighted by Crippen LogP contribution is 2.02. The second-order valence-corrected chi connectivity index (χ2v) is 3.72. The topological polar surface area (TPSA) is 57.0 Å².